The van der Waals surface area contributed by atoms with Crippen LogP contribution in [0.2, 0.25) is 0 Å². The van der Waals surface area contributed by atoms with E-state index in [0.717, 1.165) is 31.3 Å². The third-order valence-electron chi connectivity index (χ3n) is 4.94. The zero-order chi connectivity index (χ0) is 18.6. The van der Waals surface area contributed by atoms with Crippen LogP contribution in [0.25, 0.3) is 11.6 Å². The summed E-state index contributed by atoms with van der Waals surface area (Å²) in [5.41, 5.74) is 5.50. The van der Waals surface area contributed by atoms with Crippen LogP contribution in [0.15, 0.2) is 71.8 Å². The molecule has 1 heteroatoms. The van der Waals surface area contributed by atoms with Gasteiger partial charge in [0.25, 0.3) is 0 Å². The molecule has 0 amide bonds. The molecule has 1 nitrogen and oxygen atoms in total. The highest BCUT2D eigenvalue weighted by Crippen LogP contribution is 2.39. The van der Waals surface area contributed by atoms with Crippen LogP contribution < -0.4 is 0 Å². The van der Waals surface area contributed by atoms with Gasteiger partial charge in [-0.05, 0) is 59.6 Å². The Labute approximate surface area is 157 Å². The predicted molar refractivity (Wildman–Crippen MR) is 111 cm³/mol. The van der Waals surface area contributed by atoms with Crippen molar-refractivity contribution >= 4 is 17.4 Å². The number of hydrogen-bond acceptors (Lipinski definition) is 1. The molecule has 2 aromatic carbocycles. The van der Waals surface area contributed by atoms with Gasteiger partial charge in [-0.15, -0.1) is 0 Å². The smallest absolute Gasteiger partial charge is 0.164 e. The lowest BCUT2D eigenvalue weighted by atomic mass is 9.76. The minimum absolute atomic E-state index is 0.294. The quantitative estimate of drug-likeness (QED) is 0.563. The van der Waals surface area contributed by atoms with Gasteiger partial charge in [0.05, 0.1) is 0 Å². The van der Waals surface area contributed by atoms with Crippen LogP contribution >= 0.6 is 0 Å². The maximum absolute atomic E-state index is 13.1. The molecule has 0 heterocycles. The standard InChI is InChI=1S/C25H28O/c1-25(2,3)24(26)22-17-11-10-16-21(22)23(20-14-8-5-9-15-20)18-19-12-6-4-7-13-19/h4-9,12-15,18H,10-11,16-17H2,1-3H3. The molecule has 0 atom stereocenters. The molecule has 0 spiro atoms. The van der Waals surface area contributed by atoms with Crippen molar-refractivity contribution in [2.24, 2.45) is 5.41 Å². The lowest BCUT2D eigenvalue weighted by Crippen LogP contribution is -2.24. The molecule has 134 valence electrons. The fourth-order valence-electron chi connectivity index (χ4n) is 3.58. The molecule has 2 aromatic rings. The highest BCUT2D eigenvalue weighted by molar-refractivity contribution is 6.05. The van der Waals surface area contributed by atoms with Crippen molar-refractivity contribution in [3.05, 3.63) is 82.9 Å². The third kappa shape index (κ3) is 4.22. The number of Topliss-reactive ketones (excluding diaryl/α,β-unsaturated/α-hetero) is 1. The Bertz CT molecular complexity index is 817. The first-order chi connectivity index (χ1) is 12.5. The number of carbonyl (C=O) groups excluding carboxylic acids is 1. The molecule has 0 N–H and O–H groups in total. The Morgan fingerprint density at radius 1 is 0.808 bits per heavy atom. The van der Waals surface area contributed by atoms with E-state index < -0.39 is 0 Å². The molecule has 26 heavy (non-hydrogen) atoms. The molecule has 0 radical (unpaired) electrons. The highest BCUT2D eigenvalue weighted by atomic mass is 16.1. The SMILES string of the molecule is CC(C)(C)C(=O)C1=C(C(=Cc2ccccc2)c2ccccc2)CCCC1. The molecule has 0 fully saturated rings. The average Bonchev–Trinajstić information content (AvgIpc) is 2.66. The van der Waals surface area contributed by atoms with Crippen molar-refractivity contribution in [1.82, 2.24) is 0 Å². The van der Waals surface area contributed by atoms with Crippen molar-refractivity contribution in [2.75, 3.05) is 0 Å². The second kappa shape index (κ2) is 7.86. The Balaban J connectivity index is 2.18. The number of hydrogen-bond donors (Lipinski definition) is 0. The van der Waals surface area contributed by atoms with Crippen molar-refractivity contribution in [3.63, 3.8) is 0 Å². The Kier molecular flexibility index (Phi) is 5.56. The fourth-order valence-corrected chi connectivity index (χ4v) is 3.58. The first kappa shape index (κ1) is 18.4. The molecule has 0 saturated heterocycles. The van der Waals surface area contributed by atoms with E-state index in [0.29, 0.717) is 5.78 Å². The van der Waals surface area contributed by atoms with E-state index in [4.69, 9.17) is 0 Å². The third-order valence-corrected chi connectivity index (χ3v) is 4.94. The van der Waals surface area contributed by atoms with E-state index in [9.17, 15) is 4.79 Å². The van der Waals surface area contributed by atoms with E-state index in [-0.39, 0.29) is 5.41 Å². The van der Waals surface area contributed by atoms with Crippen molar-refractivity contribution in [1.29, 1.82) is 0 Å². The summed E-state index contributed by atoms with van der Waals surface area (Å²) in [6, 6.07) is 20.9. The first-order valence-corrected chi connectivity index (χ1v) is 9.56. The van der Waals surface area contributed by atoms with E-state index in [1.807, 2.05) is 32.9 Å². The normalized spacial score (nSPS) is 15.9. The average molecular weight is 344 g/mol. The zero-order valence-corrected chi connectivity index (χ0v) is 16.1. The molecule has 0 saturated carbocycles. The largest absolute Gasteiger partial charge is 0.294 e. The van der Waals surface area contributed by atoms with Crippen molar-refractivity contribution < 1.29 is 4.79 Å². The summed E-state index contributed by atoms with van der Waals surface area (Å²) in [6.45, 7) is 6.08. The van der Waals surface area contributed by atoms with Gasteiger partial charge in [-0.1, -0.05) is 81.4 Å². The molecule has 0 aromatic heterocycles. The number of carbonyl (C=O) groups is 1. The molecule has 0 unspecified atom stereocenters. The van der Waals surface area contributed by atoms with Gasteiger partial charge in [-0.2, -0.15) is 0 Å². The van der Waals surface area contributed by atoms with Crippen molar-refractivity contribution in [3.8, 4) is 0 Å². The molecule has 0 aliphatic heterocycles. The van der Waals surface area contributed by atoms with Crippen LogP contribution in [-0.4, -0.2) is 5.78 Å². The summed E-state index contributed by atoms with van der Waals surface area (Å²) in [5, 5.41) is 0. The Morgan fingerprint density at radius 3 is 1.92 bits per heavy atom. The van der Waals surface area contributed by atoms with E-state index in [1.165, 1.54) is 22.3 Å². The number of ketones is 1. The molecular formula is C25H28O. The van der Waals surface area contributed by atoms with Crippen molar-refractivity contribution in [2.45, 2.75) is 46.5 Å². The van der Waals surface area contributed by atoms with Gasteiger partial charge in [-0.3, -0.25) is 4.79 Å². The number of benzene rings is 2. The van der Waals surface area contributed by atoms with Gasteiger partial charge in [0.1, 0.15) is 0 Å². The molecule has 1 aliphatic carbocycles. The summed E-state index contributed by atoms with van der Waals surface area (Å²) in [5.74, 6) is 0.294. The molecule has 0 bridgehead atoms. The van der Waals surface area contributed by atoms with Crippen LogP contribution in [0.3, 0.4) is 0 Å². The zero-order valence-electron chi connectivity index (χ0n) is 16.1. The fraction of sp³-hybridized carbons (Fsp3) is 0.320. The Hall–Kier alpha value is -2.41. The van der Waals surface area contributed by atoms with Crippen LogP contribution in [0, 0.1) is 5.41 Å². The number of allylic oxidation sites excluding steroid dienone is 3. The highest BCUT2D eigenvalue weighted by Gasteiger charge is 2.29. The maximum atomic E-state index is 13.1. The first-order valence-electron chi connectivity index (χ1n) is 9.56. The molecule has 3 rings (SSSR count). The second-order valence-corrected chi connectivity index (χ2v) is 8.08. The van der Waals surface area contributed by atoms with Gasteiger partial charge < -0.3 is 0 Å². The predicted octanol–water partition coefficient (Wildman–Crippen LogP) is 6.71. The van der Waals surface area contributed by atoms with E-state index >= 15 is 0 Å². The summed E-state index contributed by atoms with van der Waals surface area (Å²) < 4.78 is 0. The van der Waals surface area contributed by atoms with Gasteiger partial charge >= 0.3 is 0 Å². The Morgan fingerprint density at radius 2 is 1.35 bits per heavy atom. The lowest BCUT2D eigenvalue weighted by Gasteiger charge is -2.27. The van der Waals surface area contributed by atoms with Gasteiger partial charge in [-0.25, -0.2) is 0 Å². The molecule has 1 aliphatic rings. The van der Waals surface area contributed by atoms with Gasteiger partial charge in [0, 0.05) is 5.41 Å². The van der Waals surface area contributed by atoms with Crippen LogP contribution in [0.5, 0.6) is 0 Å². The van der Waals surface area contributed by atoms with Gasteiger partial charge in [0.15, 0.2) is 5.78 Å². The van der Waals surface area contributed by atoms with E-state index in [2.05, 4.69) is 54.6 Å². The monoisotopic (exact) mass is 344 g/mol. The maximum Gasteiger partial charge on any atom is 0.164 e. The minimum Gasteiger partial charge on any atom is -0.294 e. The topological polar surface area (TPSA) is 17.1 Å². The van der Waals surface area contributed by atoms with Crippen LogP contribution in [0.4, 0.5) is 0 Å². The summed E-state index contributed by atoms with van der Waals surface area (Å²) >= 11 is 0. The van der Waals surface area contributed by atoms with Gasteiger partial charge in [0.2, 0.25) is 0 Å². The summed E-state index contributed by atoms with van der Waals surface area (Å²) in [4.78, 5) is 13.1. The number of rotatable bonds is 4. The second-order valence-electron chi connectivity index (χ2n) is 8.08. The van der Waals surface area contributed by atoms with E-state index in [1.54, 1.807) is 0 Å². The van der Waals surface area contributed by atoms with Crippen LogP contribution in [0.1, 0.15) is 57.6 Å². The summed E-state index contributed by atoms with van der Waals surface area (Å²) in [7, 11) is 0. The van der Waals surface area contributed by atoms with Crippen LogP contribution in [-0.2, 0) is 4.79 Å². The summed E-state index contributed by atoms with van der Waals surface area (Å²) in [6.07, 6.45) is 6.37. The lowest BCUT2D eigenvalue weighted by molar-refractivity contribution is -0.122. The minimum atomic E-state index is -0.341. The molecular weight excluding hydrogens is 316 g/mol.